The first kappa shape index (κ1) is 13.2. The van der Waals surface area contributed by atoms with Crippen molar-refractivity contribution in [1.82, 2.24) is 0 Å². The summed E-state index contributed by atoms with van der Waals surface area (Å²) in [6.45, 7) is 4.02. The monoisotopic (exact) mass is 258 g/mol. The molecule has 0 aliphatic rings. The Morgan fingerprint density at radius 1 is 1.21 bits per heavy atom. The van der Waals surface area contributed by atoms with Gasteiger partial charge in [-0.2, -0.15) is 0 Å². The SMILES string of the molecule is CCc1ccc(C(=O)Nc2ccc(CC)c(N)c2)o1. The predicted molar refractivity (Wildman–Crippen MR) is 76.3 cm³/mol. The van der Waals surface area contributed by atoms with E-state index in [9.17, 15) is 4.79 Å². The summed E-state index contributed by atoms with van der Waals surface area (Å²) >= 11 is 0. The fourth-order valence-corrected chi connectivity index (χ4v) is 1.88. The maximum atomic E-state index is 12.0. The molecule has 0 spiro atoms. The van der Waals surface area contributed by atoms with Gasteiger partial charge in [0.2, 0.25) is 0 Å². The van der Waals surface area contributed by atoms with E-state index in [1.165, 1.54) is 0 Å². The number of carbonyl (C=O) groups excluding carboxylic acids is 1. The molecule has 0 saturated heterocycles. The van der Waals surface area contributed by atoms with Crippen LogP contribution in [0.4, 0.5) is 11.4 Å². The molecule has 100 valence electrons. The van der Waals surface area contributed by atoms with Crippen molar-refractivity contribution in [3.63, 3.8) is 0 Å². The van der Waals surface area contributed by atoms with Gasteiger partial charge in [-0.25, -0.2) is 0 Å². The molecule has 0 aliphatic carbocycles. The van der Waals surface area contributed by atoms with E-state index >= 15 is 0 Å². The third-order valence-electron chi connectivity index (χ3n) is 3.02. The first-order valence-corrected chi connectivity index (χ1v) is 6.42. The Kier molecular flexibility index (Phi) is 3.90. The van der Waals surface area contributed by atoms with Crippen LogP contribution in [0.5, 0.6) is 0 Å². The molecule has 4 heteroatoms. The number of hydrogen-bond acceptors (Lipinski definition) is 3. The molecular weight excluding hydrogens is 240 g/mol. The van der Waals surface area contributed by atoms with Crippen LogP contribution in [0.3, 0.4) is 0 Å². The lowest BCUT2D eigenvalue weighted by atomic mass is 10.1. The lowest BCUT2D eigenvalue weighted by Crippen LogP contribution is -2.11. The lowest BCUT2D eigenvalue weighted by molar-refractivity contribution is 0.0995. The fraction of sp³-hybridized carbons (Fsp3) is 0.267. The average molecular weight is 258 g/mol. The summed E-state index contributed by atoms with van der Waals surface area (Å²) in [5.41, 5.74) is 8.33. The first-order chi connectivity index (χ1) is 9.13. The number of rotatable bonds is 4. The zero-order chi connectivity index (χ0) is 13.8. The number of hydrogen-bond donors (Lipinski definition) is 2. The zero-order valence-electron chi connectivity index (χ0n) is 11.2. The van der Waals surface area contributed by atoms with Gasteiger partial charge in [0.25, 0.3) is 5.91 Å². The summed E-state index contributed by atoms with van der Waals surface area (Å²) in [6, 6.07) is 9.02. The Morgan fingerprint density at radius 2 is 2.00 bits per heavy atom. The lowest BCUT2D eigenvalue weighted by Gasteiger charge is -2.07. The summed E-state index contributed by atoms with van der Waals surface area (Å²) in [5.74, 6) is 0.851. The molecule has 1 heterocycles. The summed E-state index contributed by atoms with van der Waals surface area (Å²) in [6.07, 6.45) is 1.64. The maximum Gasteiger partial charge on any atom is 0.291 e. The van der Waals surface area contributed by atoms with E-state index in [1.807, 2.05) is 32.0 Å². The minimum Gasteiger partial charge on any atom is -0.456 e. The van der Waals surface area contributed by atoms with E-state index in [0.29, 0.717) is 17.1 Å². The van der Waals surface area contributed by atoms with Gasteiger partial charge >= 0.3 is 0 Å². The third kappa shape index (κ3) is 2.96. The molecule has 0 fully saturated rings. The standard InChI is InChI=1S/C15H18N2O2/c1-3-10-5-6-11(9-13(10)16)17-15(18)14-8-7-12(4-2)19-14/h5-9H,3-4,16H2,1-2H3,(H,17,18). The van der Waals surface area contributed by atoms with Crippen LogP contribution in [0.15, 0.2) is 34.7 Å². The summed E-state index contributed by atoms with van der Waals surface area (Å²) in [5, 5.41) is 2.78. The Hall–Kier alpha value is -2.23. The quantitative estimate of drug-likeness (QED) is 0.827. The minimum absolute atomic E-state index is 0.261. The number of nitrogens with one attached hydrogen (secondary N) is 1. The topological polar surface area (TPSA) is 68.3 Å². The second-order valence-corrected chi connectivity index (χ2v) is 4.34. The third-order valence-corrected chi connectivity index (χ3v) is 3.02. The van der Waals surface area contributed by atoms with Crippen molar-refractivity contribution in [3.8, 4) is 0 Å². The molecule has 0 unspecified atom stereocenters. The van der Waals surface area contributed by atoms with Gasteiger partial charge in [-0.3, -0.25) is 4.79 Å². The smallest absolute Gasteiger partial charge is 0.291 e. The highest BCUT2D eigenvalue weighted by atomic mass is 16.3. The van der Waals surface area contributed by atoms with Crippen LogP contribution in [0.25, 0.3) is 0 Å². The molecule has 1 aromatic carbocycles. The van der Waals surface area contributed by atoms with Gasteiger partial charge < -0.3 is 15.5 Å². The van der Waals surface area contributed by atoms with Gasteiger partial charge in [0, 0.05) is 17.8 Å². The number of nitrogens with two attached hydrogens (primary N) is 1. The van der Waals surface area contributed by atoms with Gasteiger partial charge in [-0.05, 0) is 36.2 Å². The van der Waals surface area contributed by atoms with Gasteiger partial charge in [0.15, 0.2) is 5.76 Å². The van der Waals surface area contributed by atoms with Gasteiger partial charge in [0.1, 0.15) is 5.76 Å². The number of aryl methyl sites for hydroxylation is 2. The van der Waals surface area contributed by atoms with Crippen molar-refractivity contribution < 1.29 is 9.21 Å². The van der Waals surface area contributed by atoms with Crippen LogP contribution in [-0.4, -0.2) is 5.91 Å². The van der Waals surface area contributed by atoms with E-state index < -0.39 is 0 Å². The normalized spacial score (nSPS) is 10.4. The molecule has 0 saturated carbocycles. The second-order valence-electron chi connectivity index (χ2n) is 4.34. The maximum absolute atomic E-state index is 12.0. The first-order valence-electron chi connectivity index (χ1n) is 6.42. The van der Waals surface area contributed by atoms with Crippen LogP contribution in [0.2, 0.25) is 0 Å². The molecule has 3 N–H and O–H groups in total. The Bertz CT molecular complexity index is 588. The highest BCUT2D eigenvalue weighted by Gasteiger charge is 2.11. The molecule has 0 radical (unpaired) electrons. The van der Waals surface area contributed by atoms with Crippen molar-refractivity contribution >= 4 is 17.3 Å². The summed E-state index contributed by atoms with van der Waals surface area (Å²) in [7, 11) is 0. The Balaban J connectivity index is 2.12. The molecule has 0 bridgehead atoms. The predicted octanol–water partition coefficient (Wildman–Crippen LogP) is 3.24. The van der Waals surface area contributed by atoms with Crippen molar-refractivity contribution in [3.05, 3.63) is 47.4 Å². The number of nitrogen functional groups attached to an aromatic ring is 1. The van der Waals surface area contributed by atoms with Gasteiger partial charge in [-0.1, -0.05) is 19.9 Å². The number of amides is 1. The van der Waals surface area contributed by atoms with Crippen molar-refractivity contribution in [1.29, 1.82) is 0 Å². The summed E-state index contributed by atoms with van der Waals surface area (Å²) < 4.78 is 5.40. The van der Waals surface area contributed by atoms with Crippen molar-refractivity contribution in [2.45, 2.75) is 26.7 Å². The van der Waals surface area contributed by atoms with Gasteiger partial charge in [-0.15, -0.1) is 0 Å². The molecular formula is C15H18N2O2. The van der Waals surface area contributed by atoms with Crippen molar-refractivity contribution in [2.24, 2.45) is 0 Å². The molecule has 4 nitrogen and oxygen atoms in total. The number of anilines is 2. The molecule has 0 aliphatic heterocycles. The summed E-state index contributed by atoms with van der Waals surface area (Å²) in [4.78, 5) is 12.0. The molecule has 2 aromatic rings. The number of carbonyl (C=O) groups is 1. The zero-order valence-corrected chi connectivity index (χ0v) is 11.2. The molecule has 1 aromatic heterocycles. The average Bonchev–Trinajstić information content (AvgIpc) is 2.88. The molecule has 1 amide bonds. The van der Waals surface area contributed by atoms with Crippen LogP contribution in [0, 0.1) is 0 Å². The van der Waals surface area contributed by atoms with Crippen molar-refractivity contribution in [2.75, 3.05) is 11.1 Å². The van der Waals surface area contributed by atoms with Crippen LogP contribution < -0.4 is 11.1 Å². The highest BCUT2D eigenvalue weighted by molar-refractivity contribution is 6.02. The molecule has 19 heavy (non-hydrogen) atoms. The Labute approximate surface area is 112 Å². The van der Waals surface area contributed by atoms with Gasteiger partial charge in [0.05, 0.1) is 0 Å². The van der Waals surface area contributed by atoms with Crippen LogP contribution in [0.1, 0.15) is 35.7 Å². The Morgan fingerprint density at radius 3 is 2.58 bits per heavy atom. The molecule has 2 rings (SSSR count). The van der Waals surface area contributed by atoms with E-state index in [1.54, 1.807) is 12.1 Å². The largest absolute Gasteiger partial charge is 0.456 e. The second kappa shape index (κ2) is 5.61. The van der Waals surface area contributed by atoms with E-state index in [0.717, 1.165) is 24.2 Å². The fourth-order valence-electron chi connectivity index (χ4n) is 1.88. The number of benzene rings is 1. The van der Waals surface area contributed by atoms with E-state index in [-0.39, 0.29) is 5.91 Å². The van der Waals surface area contributed by atoms with Crippen LogP contribution >= 0.6 is 0 Å². The van der Waals surface area contributed by atoms with E-state index in [2.05, 4.69) is 5.32 Å². The minimum atomic E-state index is -0.261. The highest BCUT2D eigenvalue weighted by Crippen LogP contribution is 2.19. The van der Waals surface area contributed by atoms with E-state index in [4.69, 9.17) is 10.2 Å². The van der Waals surface area contributed by atoms with Crippen LogP contribution in [-0.2, 0) is 12.8 Å². The number of furan rings is 1. The molecule has 0 atom stereocenters.